The third kappa shape index (κ3) is 5.55. The fourth-order valence-corrected chi connectivity index (χ4v) is 3.30. The Kier molecular flexibility index (Phi) is 6.69. The van der Waals surface area contributed by atoms with Crippen molar-refractivity contribution in [2.45, 2.75) is 13.0 Å². The van der Waals surface area contributed by atoms with Gasteiger partial charge in [0.1, 0.15) is 11.6 Å². The molecule has 0 aliphatic carbocycles. The zero-order valence-electron chi connectivity index (χ0n) is 18.0. The molecule has 6 heteroatoms. The third-order valence-electron chi connectivity index (χ3n) is 4.92. The Morgan fingerprint density at radius 2 is 1.77 bits per heavy atom. The van der Waals surface area contributed by atoms with Crippen LogP contribution < -0.4 is 10.1 Å². The molecule has 0 aliphatic heterocycles. The van der Waals surface area contributed by atoms with Gasteiger partial charge in [0.2, 0.25) is 0 Å². The minimum absolute atomic E-state index is 0.661. The Balaban J connectivity index is 1.46. The average Bonchev–Trinajstić information content (AvgIpc) is 2.81. The van der Waals surface area contributed by atoms with E-state index < -0.39 is 0 Å². The number of nitrogens with one attached hydrogen (secondary N) is 1. The number of ether oxygens (including phenoxy) is 1. The molecular formula is C25H27N5O. The lowest BCUT2D eigenvalue weighted by Gasteiger charge is -2.12. The van der Waals surface area contributed by atoms with Gasteiger partial charge >= 0.3 is 0 Å². The van der Waals surface area contributed by atoms with Gasteiger partial charge in [-0.15, -0.1) is 0 Å². The van der Waals surface area contributed by atoms with E-state index in [-0.39, 0.29) is 0 Å². The summed E-state index contributed by atoms with van der Waals surface area (Å²) in [5.41, 5.74) is 2.96. The van der Waals surface area contributed by atoms with E-state index in [4.69, 9.17) is 14.7 Å². The quantitative estimate of drug-likeness (QED) is 0.404. The highest BCUT2D eigenvalue weighted by atomic mass is 16.5. The zero-order chi connectivity index (χ0) is 21.5. The second-order valence-electron chi connectivity index (χ2n) is 7.66. The maximum Gasteiger partial charge on any atom is 0.163 e. The van der Waals surface area contributed by atoms with Crippen molar-refractivity contribution in [3.63, 3.8) is 0 Å². The number of fused-ring (bicyclic) bond motifs is 1. The minimum Gasteiger partial charge on any atom is -0.494 e. The molecule has 0 spiro atoms. The van der Waals surface area contributed by atoms with E-state index in [1.165, 1.54) is 0 Å². The van der Waals surface area contributed by atoms with Gasteiger partial charge in [-0.2, -0.15) is 0 Å². The molecule has 0 aliphatic rings. The monoisotopic (exact) mass is 413 g/mol. The number of anilines is 1. The lowest BCUT2D eigenvalue weighted by atomic mass is 10.2. The normalized spacial score (nSPS) is 11.1. The molecule has 31 heavy (non-hydrogen) atoms. The van der Waals surface area contributed by atoms with E-state index in [9.17, 15) is 0 Å². The van der Waals surface area contributed by atoms with Crippen molar-refractivity contribution in [3.05, 3.63) is 78.6 Å². The fourth-order valence-electron chi connectivity index (χ4n) is 3.30. The summed E-state index contributed by atoms with van der Waals surface area (Å²) >= 11 is 0. The second-order valence-corrected chi connectivity index (χ2v) is 7.66. The number of para-hydroxylation sites is 1. The predicted molar refractivity (Wildman–Crippen MR) is 125 cm³/mol. The van der Waals surface area contributed by atoms with Crippen LogP contribution in [0.25, 0.3) is 22.3 Å². The van der Waals surface area contributed by atoms with Crippen molar-refractivity contribution in [1.29, 1.82) is 0 Å². The average molecular weight is 414 g/mol. The van der Waals surface area contributed by atoms with Crippen molar-refractivity contribution in [2.75, 3.05) is 32.6 Å². The van der Waals surface area contributed by atoms with Crippen LogP contribution in [0.1, 0.15) is 12.0 Å². The van der Waals surface area contributed by atoms with E-state index >= 15 is 0 Å². The van der Waals surface area contributed by atoms with E-state index in [0.717, 1.165) is 53.2 Å². The molecule has 2 aromatic carbocycles. The standard InChI is InChI=1S/C25H27N5O/c1-30(2)15-6-16-31-21-12-10-19(11-13-21)17-27-25-22-8-3-4-9-23(22)28-24(29-25)20-7-5-14-26-18-20/h3-5,7-14,18H,6,15-17H2,1-2H3,(H,27,28,29). The first-order chi connectivity index (χ1) is 15.2. The summed E-state index contributed by atoms with van der Waals surface area (Å²) in [6.45, 7) is 2.41. The van der Waals surface area contributed by atoms with Crippen molar-refractivity contribution in [3.8, 4) is 17.1 Å². The predicted octanol–water partition coefficient (Wildman–Crippen LogP) is 4.63. The number of pyridine rings is 1. The van der Waals surface area contributed by atoms with Gasteiger partial charge in [-0.1, -0.05) is 24.3 Å². The van der Waals surface area contributed by atoms with Crippen LogP contribution in [0.2, 0.25) is 0 Å². The lowest BCUT2D eigenvalue weighted by molar-refractivity contribution is 0.281. The Bertz CT molecular complexity index is 1110. The first-order valence-corrected chi connectivity index (χ1v) is 10.5. The Morgan fingerprint density at radius 3 is 2.55 bits per heavy atom. The van der Waals surface area contributed by atoms with E-state index in [1.807, 2.05) is 48.5 Å². The summed E-state index contributed by atoms with van der Waals surface area (Å²) in [5, 5.41) is 4.48. The Morgan fingerprint density at radius 1 is 0.935 bits per heavy atom. The molecule has 0 saturated carbocycles. The van der Waals surface area contributed by atoms with Crippen LogP contribution in [0.5, 0.6) is 5.75 Å². The van der Waals surface area contributed by atoms with Gasteiger partial charge in [0, 0.05) is 36.4 Å². The summed E-state index contributed by atoms with van der Waals surface area (Å²) < 4.78 is 5.82. The van der Waals surface area contributed by atoms with Crippen LogP contribution >= 0.6 is 0 Å². The smallest absolute Gasteiger partial charge is 0.163 e. The molecule has 2 aromatic heterocycles. The first kappa shape index (κ1) is 20.8. The van der Waals surface area contributed by atoms with Gasteiger partial charge in [-0.05, 0) is 62.5 Å². The number of benzene rings is 2. The van der Waals surface area contributed by atoms with Gasteiger partial charge in [-0.25, -0.2) is 9.97 Å². The fraction of sp³-hybridized carbons (Fsp3) is 0.240. The summed E-state index contributed by atoms with van der Waals surface area (Å²) in [6, 6.07) is 20.1. The third-order valence-corrected chi connectivity index (χ3v) is 4.92. The number of nitrogens with zero attached hydrogens (tertiary/aromatic N) is 4. The maximum atomic E-state index is 5.82. The van der Waals surface area contributed by atoms with Crippen LogP contribution in [0.15, 0.2) is 73.1 Å². The Labute approximate surface area is 182 Å². The summed E-state index contributed by atoms with van der Waals surface area (Å²) in [4.78, 5) is 15.8. The lowest BCUT2D eigenvalue weighted by Crippen LogP contribution is -2.15. The highest BCUT2D eigenvalue weighted by Gasteiger charge is 2.09. The van der Waals surface area contributed by atoms with Gasteiger partial charge < -0.3 is 15.0 Å². The molecule has 0 fully saturated rings. The maximum absolute atomic E-state index is 5.82. The highest BCUT2D eigenvalue weighted by molar-refractivity contribution is 5.90. The van der Waals surface area contributed by atoms with Crippen LogP contribution in [-0.2, 0) is 6.54 Å². The molecule has 0 saturated heterocycles. The SMILES string of the molecule is CN(C)CCCOc1ccc(CNc2nc(-c3cccnc3)nc3ccccc23)cc1. The van der Waals surface area contributed by atoms with Crippen LogP contribution in [-0.4, -0.2) is 47.1 Å². The molecule has 158 valence electrons. The van der Waals surface area contributed by atoms with E-state index in [1.54, 1.807) is 12.4 Å². The van der Waals surface area contributed by atoms with E-state index in [0.29, 0.717) is 12.4 Å². The molecule has 4 aromatic rings. The molecule has 6 nitrogen and oxygen atoms in total. The molecule has 2 heterocycles. The molecule has 0 atom stereocenters. The number of hydrogen-bond donors (Lipinski definition) is 1. The number of rotatable bonds is 9. The molecule has 0 unspecified atom stereocenters. The van der Waals surface area contributed by atoms with Crippen molar-refractivity contribution >= 4 is 16.7 Å². The topological polar surface area (TPSA) is 63.2 Å². The molecule has 4 rings (SSSR count). The summed E-state index contributed by atoms with van der Waals surface area (Å²) in [7, 11) is 4.14. The van der Waals surface area contributed by atoms with E-state index in [2.05, 4.69) is 41.4 Å². The Hall–Kier alpha value is -3.51. The van der Waals surface area contributed by atoms with Crippen molar-refractivity contribution in [2.24, 2.45) is 0 Å². The van der Waals surface area contributed by atoms with Gasteiger partial charge in [0.15, 0.2) is 5.82 Å². The van der Waals surface area contributed by atoms with Gasteiger partial charge in [0.05, 0.1) is 12.1 Å². The summed E-state index contributed by atoms with van der Waals surface area (Å²) in [6.07, 6.45) is 4.54. The number of aromatic nitrogens is 3. The van der Waals surface area contributed by atoms with Crippen molar-refractivity contribution < 1.29 is 4.74 Å². The number of hydrogen-bond acceptors (Lipinski definition) is 6. The molecule has 1 N–H and O–H groups in total. The van der Waals surface area contributed by atoms with Crippen LogP contribution in [0, 0.1) is 0 Å². The second kappa shape index (κ2) is 10.00. The molecule has 0 bridgehead atoms. The largest absolute Gasteiger partial charge is 0.494 e. The van der Waals surface area contributed by atoms with Crippen LogP contribution in [0.3, 0.4) is 0 Å². The van der Waals surface area contributed by atoms with Crippen LogP contribution in [0.4, 0.5) is 5.82 Å². The minimum atomic E-state index is 0.661. The zero-order valence-corrected chi connectivity index (χ0v) is 18.0. The van der Waals surface area contributed by atoms with Crippen molar-refractivity contribution in [1.82, 2.24) is 19.9 Å². The van der Waals surface area contributed by atoms with Gasteiger partial charge in [-0.3, -0.25) is 4.98 Å². The van der Waals surface area contributed by atoms with Gasteiger partial charge in [0.25, 0.3) is 0 Å². The molecule has 0 amide bonds. The highest BCUT2D eigenvalue weighted by Crippen LogP contribution is 2.25. The first-order valence-electron chi connectivity index (χ1n) is 10.5. The molecular weight excluding hydrogens is 386 g/mol. The molecule has 0 radical (unpaired) electrons. The summed E-state index contributed by atoms with van der Waals surface area (Å²) in [5.74, 6) is 2.37.